The molecule has 6 rings (SSSR count). The number of aromatic nitrogens is 2. The molecule has 4 aromatic carbocycles. The van der Waals surface area contributed by atoms with Gasteiger partial charge in [0.05, 0.1) is 34.1 Å². The summed E-state index contributed by atoms with van der Waals surface area (Å²) in [6.07, 6.45) is 1.54. The first kappa shape index (κ1) is 27.9. The van der Waals surface area contributed by atoms with Crippen molar-refractivity contribution in [2.75, 3.05) is 19.0 Å². The SMILES string of the molecule is COc1cccc2oc(-c3nc4ccccc4c(=O)n3N=Cc3ccc(OCC(=O)Nc4ccc(C)cc4)c(Br)c3)cc12. The van der Waals surface area contributed by atoms with Crippen LogP contribution in [0.1, 0.15) is 11.1 Å². The van der Waals surface area contributed by atoms with E-state index >= 15 is 0 Å². The number of aryl methyl sites for hydroxylation is 1. The monoisotopic (exact) mass is 636 g/mol. The van der Waals surface area contributed by atoms with Gasteiger partial charge in [0.1, 0.15) is 17.1 Å². The van der Waals surface area contributed by atoms with E-state index in [1.54, 1.807) is 55.8 Å². The number of hydrogen-bond acceptors (Lipinski definition) is 7. The number of fused-ring (bicyclic) bond motifs is 2. The number of methoxy groups -OCH3 is 1. The predicted octanol–water partition coefficient (Wildman–Crippen LogP) is 6.79. The molecule has 1 amide bonds. The van der Waals surface area contributed by atoms with E-state index in [-0.39, 0.29) is 23.9 Å². The molecule has 0 radical (unpaired) electrons. The fourth-order valence-electron chi connectivity index (χ4n) is 4.53. The number of furan rings is 1. The zero-order chi connectivity index (χ0) is 29.9. The van der Waals surface area contributed by atoms with Crippen molar-refractivity contribution in [2.24, 2.45) is 5.10 Å². The van der Waals surface area contributed by atoms with Crippen molar-refractivity contribution in [2.45, 2.75) is 6.92 Å². The Kier molecular flexibility index (Phi) is 7.76. The molecule has 0 atom stereocenters. The molecule has 0 bridgehead atoms. The van der Waals surface area contributed by atoms with E-state index < -0.39 is 0 Å². The lowest BCUT2D eigenvalue weighted by Crippen LogP contribution is -2.20. The van der Waals surface area contributed by atoms with Gasteiger partial charge in [0.2, 0.25) is 5.82 Å². The molecular weight excluding hydrogens is 612 g/mol. The number of benzene rings is 4. The molecule has 214 valence electrons. The summed E-state index contributed by atoms with van der Waals surface area (Å²) in [6, 6.07) is 27.1. The Labute approximate surface area is 254 Å². The minimum absolute atomic E-state index is 0.163. The van der Waals surface area contributed by atoms with Crippen LogP contribution in [0.4, 0.5) is 5.69 Å². The van der Waals surface area contributed by atoms with E-state index in [1.807, 2.05) is 55.5 Å². The number of para-hydroxylation sites is 1. The third-order valence-corrected chi connectivity index (χ3v) is 7.31. The molecule has 6 aromatic rings. The fourth-order valence-corrected chi connectivity index (χ4v) is 5.04. The summed E-state index contributed by atoms with van der Waals surface area (Å²) in [5.74, 6) is 1.47. The highest BCUT2D eigenvalue weighted by atomic mass is 79.9. The van der Waals surface area contributed by atoms with Crippen LogP contribution >= 0.6 is 15.9 Å². The van der Waals surface area contributed by atoms with Crippen LogP contribution in [0.2, 0.25) is 0 Å². The lowest BCUT2D eigenvalue weighted by molar-refractivity contribution is -0.118. The third-order valence-electron chi connectivity index (χ3n) is 6.69. The molecular formula is C33H25BrN4O5. The van der Waals surface area contributed by atoms with E-state index in [9.17, 15) is 9.59 Å². The molecule has 2 heterocycles. The van der Waals surface area contributed by atoms with Crippen LogP contribution in [0.15, 0.2) is 110 Å². The van der Waals surface area contributed by atoms with Crippen LogP contribution in [0.5, 0.6) is 11.5 Å². The van der Waals surface area contributed by atoms with Gasteiger partial charge in [-0.2, -0.15) is 9.78 Å². The number of halogens is 1. The van der Waals surface area contributed by atoms with E-state index in [0.717, 1.165) is 10.9 Å². The molecule has 0 aliphatic heterocycles. The lowest BCUT2D eigenvalue weighted by Gasteiger charge is -2.10. The Morgan fingerprint density at radius 3 is 2.60 bits per heavy atom. The molecule has 0 spiro atoms. The highest BCUT2D eigenvalue weighted by Crippen LogP contribution is 2.33. The summed E-state index contributed by atoms with van der Waals surface area (Å²) in [6.45, 7) is 1.82. The van der Waals surface area contributed by atoms with Gasteiger partial charge >= 0.3 is 0 Å². The Morgan fingerprint density at radius 2 is 1.81 bits per heavy atom. The number of ether oxygens (including phenoxy) is 2. The molecule has 0 saturated heterocycles. The van der Waals surface area contributed by atoms with Crippen LogP contribution in [-0.4, -0.2) is 35.5 Å². The van der Waals surface area contributed by atoms with E-state index in [1.165, 1.54) is 4.68 Å². The average Bonchev–Trinajstić information content (AvgIpc) is 3.46. The predicted molar refractivity (Wildman–Crippen MR) is 170 cm³/mol. The molecule has 0 aliphatic carbocycles. The maximum atomic E-state index is 13.6. The third kappa shape index (κ3) is 5.91. The van der Waals surface area contributed by atoms with E-state index in [2.05, 4.69) is 26.3 Å². The first-order chi connectivity index (χ1) is 20.9. The van der Waals surface area contributed by atoms with Gasteiger partial charge in [-0.25, -0.2) is 4.98 Å². The van der Waals surface area contributed by atoms with Gasteiger partial charge in [0.25, 0.3) is 11.5 Å². The van der Waals surface area contributed by atoms with Crippen LogP contribution in [0.25, 0.3) is 33.5 Å². The van der Waals surface area contributed by atoms with Crippen molar-refractivity contribution in [3.63, 3.8) is 0 Å². The van der Waals surface area contributed by atoms with Gasteiger partial charge in [-0.3, -0.25) is 9.59 Å². The molecule has 0 unspecified atom stereocenters. The zero-order valence-corrected chi connectivity index (χ0v) is 24.8. The number of nitrogens with one attached hydrogen (secondary N) is 1. The highest BCUT2D eigenvalue weighted by molar-refractivity contribution is 9.10. The first-order valence-corrected chi connectivity index (χ1v) is 14.1. The van der Waals surface area contributed by atoms with E-state index in [4.69, 9.17) is 18.9 Å². The van der Waals surface area contributed by atoms with Crippen LogP contribution in [0.3, 0.4) is 0 Å². The molecule has 2 aromatic heterocycles. The molecule has 9 nitrogen and oxygen atoms in total. The second-order valence-electron chi connectivity index (χ2n) is 9.69. The Hall–Kier alpha value is -5.22. The molecule has 43 heavy (non-hydrogen) atoms. The Bertz CT molecular complexity index is 2070. The summed E-state index contributed by atoms with van der Waals surface area (Å²) in [5.41, 5.74) is 3.26. The molecule has 0 fully saturated rings. The normalized spacial score (nSPS) is 11.3. The van der Waals surface area contributed by atoms with Crippen LogP contribution in [-0.2, 0) is 4.79 Å². The largest absolute Gasteiger partial charge is 0.496 e. The molecule has 0 aliphatic rings. The summed E-state index contributed by atoms with van der Waals surface area (Å²) < 4.78 is 19.1. The Morgan fingerprint density at radius 1 is 1.00 bits per heavy atom. The van der Waals surface area contributed by atoms with Gasteiger partial charge in [-0.1, -0.05) is 35.9 Å². The van der Waals surface area contributed by atoms with Crippen molar-refractivity contribution in [1.82, 2.24) is 9.66 Å². The van der Waals surface area contributed by atoms with Gasteiger partial charge < -0.3 is 19.2 Å². The lowest BCUT2D eigenvalue weighted by atomic mass is 10.2. The number of anilines is 1. The van der Waals surface area contributed by atoms with Crippen LogP contribution in [0, 0.1) is 6.92 Å². The Balaban J connectivity index is 1.28. The quantitative estimate of drug-likeness (QED) is 0.184. The molecule has 10 heteroatoms. The van der Waals surface area contributed by atoms with E-state index in [0.29, 0.717) is 49.5 Å². The van der Waals surface area contributed by atoms with Crippen molar-refractivity contribution in [3.05, 3.63) is 117 Å². The molecule has 1 N–H and O–H groups in total. The van der Waals surface area contributed by atoms with Crippen molar-refractivity contribution in [1.29, 1.82) is 0 Å². The maximum absolute atomic E-state index is 13.6. The van der Waals surface area contributed by atoms with Gasteiger partial charge in [-0.15, -0.1) is 0 Å². The summed E-state index contributed by atoms with van der Waals surface area (Å²) >= 11 is 3.50. The van der Waals surface area contributed by atoms with Crippen molar-refractivity contribution in [3.8, 4) is 23.1 Å². The maximum Gasteiger partial charge on any atom is 0.282 e. The highest BCUT2D eigenvalue weighted by Gasteiger charge is 2.18. The molecule has 0 saturated carbocycles. The summed E-state index contributed by atoms with van der Waals surface area (Å²) in [5, 5.41) is 8.50. The fraction of sp³-hybridized carbons (Fsp3) is 0.0909. The second kappa shape index (κ2) is 11.9. The number of carbonyl (C=O) groups is 1. The number of rotatable bonds is 8. The van der Waals surface area contributed by atoms with Crippen LogP contribution < -0.4 is 20.3 Å². The minimum atomic E-state index is -0.345. The number of carbonyl (C=O) groups excluding carboxylic acids is 1. The summed E-state index contributed by atoms with van der Waals surface area (Å²) in [7, 11) is 1.59. The number of amides is 1. The number of nitrogens with zero attached hydrogens (tertiary/aromatic N) is 3. The first-order valence-electron chi connectivity index (χ1n) is 13.3. The topological polar surface area (TPSA) is 108 Å². The number of hydrogen-bond donors (Lipinski definition) is 1. The second-order valence-corrected chi connectivity index (χ2v) is 10.5. The standard InChI is InChI=1S/C33H25BrN4O5/c1-20-10-13-22(14-11-20)36-31(39)19-42-29-15-12-21(16-25(29)34)18-35-38-32(37-26-7-4-3-6-23(26)33(38)40)30-17-24-27(41-2)8-5-9-28(24)43-30/h3-18H,19H2,1-2H3,(H,36,39). The van der Waals surface area contributed by atoms with Crippen molar-refractivity contribution < 1.29 is 18.7 Å². The zero-order valence-electron chi connectivity index (χ0n) is 23.2. The average molecular weight is 637 g/mol. The van der Waals surface area contributed by atoms with Crippen molar-refractivity contribution >= 4 is 55.6 Å². The smallest absolute Gasteiger partial charge is 0.282 e. The van der Waals surface area contributed by atoms with Gasteiger partial charge in [-0.05, 0) is 89.1 Å². The summed E-state index contributed by atoms with van der Waals surface area (Å²) in [4.78, 5) is 30.6. The van der Waals surface area contributed by atoms with Gasteiger partial charge in [0, 0.05) is 5.69 Å². The van der Waals surface area contributed by atoms with Gasteiger partial charge in [0.15, 0.2) is 12.4 Å². The minimum Gasteiger partial charge on any atom is -0.496 e.